The number of anilines is 1. The van der Waals surface area contributed by atoms with E-state index in [0.717, 1.165) is 12.3 Å². The minimum atomic E-state index is -1.94. The summed E-state index contributed by atoms with van der Waals surface area (Å²) in [6, 6.07) is 0. The predicted molar refractivity (Wildman–Crippen MR) is 90.7 cm³/mol. The molecule has 1 aromatic heterocycles. The molecular weight excluding hydrogens is 315 g/mol. The molecule has 1 aliphatic carbocycles. The van der Waals surface area contributed by atoms with Crippen LogP contribution in [-0.4, -0.2) is 26.3 Å². The number of rotatable bonds is 1. The molecule has 3 nitrogen and oxygen atoms in total. The van der Waals surface area contributed by atoms with Gasteiger partial charge in [-0.1, -0.05) is 11.4 Å². The first kappa shape index (κ1) is 13.9. The Hall–Kier alpha value is -0.0300. The predicted octanol–water partition coefficient (Wildman–Crippen LogP) is 4.06. The van der Waals surface area contributed by atoms with Crippen molar-refractivity contribution in [1.29, 1.82) is 0 Å². The maximum atomic E-state index is 5.78. The molecule has 19 heavy (non-hydrogen) atoms. The van der Waals surface area contributed by atoms with Crippen LogP contribution in [-0.2, 0) is 29.4 Å². The SMILES string of the molecule is COC1=NP(=S)(SC)N(C)c2sc3c(c21)CCCC3. The van der Waals surface area contributed by atoms with E-state index < -0.39 is 5.54 Å². The molecule has 2 aliphatic rings. The minimum Gasteiger partial charge on any atom is -0.480 e. The summed E-state index contributed by atoms with van der Waals surface area (Å²) in [6.07, 6.45) is 6.96. The Kier molecular flexibility index (Phi) is 3.71. The van der Waals surface area contributed by atoms with Crippen molar-refractivity contribution in [2.75, 3.05) is 25.1 Å². The van der Waals surface area contributed by atoms with Gasteiger partial charge in [-0.2, -0.15) is 4.76 Å². The van der Waals surface area contributed by atoms with Crippen LogP contribution in [0.25, 0.3) is 0 Å². The van der Waals surface area contributed by atoms with E-state index in [1.807, 2.05) is 17.6 Å². The van der Waals surface area contributed by atoms with E-state index >= 15 is 0 Å². The van der Waals surface area contributed by atoms with Gasteiger partial charge >= 0.3 is 0 Å². The van der Waals surface area contributed by atoms with E-state index in [2.05, 4.69) is 11.7 Å². The summed E-state index contributed by atoms with van der Waals surface area (Å²) in [6.45, 7) is 0. The van der Waals surface area contributed by atoms with Crippen LogP contribution in [0.1, 0.15) is 28.8 Å². The number of fused-ring (bicyclic) bond motifs is 3. The lowest BCUT2D eigenvalue weighted by Crippen LogP contribution is -2.20. The Morgan fingerprint density at radius 3 is 2.84 bits per heavy atom. The first-order chi connectivity index (χ1) is 9.10. The Bertz CT molecular complexity index is 596. The van der Waals surface area contributed by atoms with Gasteiger partial charge in [-0.15, -0.1) is 11.3 Å². The normalized spacial score (nSPS) is 25.6. The average Bonchev–Trinajstić information content (AvgIpc) is 2.82. The lowest BCUT2D eigenvalue weighted by Gasteiger charge is -2.32. The molecule has 0 saturated carbocycles. The lowest BCUT2D eigenvalue weighted by molar-refractivity contribution is 0.405. The summed E-state index contributed by atoms with van der Waals surface area (Å²) in [5, 5.41) is 1.27. The molecule has 0 spiro atoms. The number of hydrogen-bond donors (Lipinski definition) is 0. The standard InChI is InChI=1S/C12H17N2OPS3/c1-14-12-10(8-6-4-5-7-9(8)19-12)11(15-2)13-16(14,17)18-3/h4-7H2,1-3H3. The van der Waals surface area contributed by atoms with Crippen molar-refractivity contribution >= 4 is 51.0 Å². The van der Waals surface area contributed by atoms with E-state index in [9.17, 15) is 0 Å². The number of thiophene rings is 1. The molecule has 0 N–H and O–H groups in total. The van der Waals surface area contributed by atoms with Gasteiger partial charge in [0.1, 0.15) is 5.00 Å². The molecule has 1 aromatic rings. The summed E-state index contributed by atoms with van der Waals surface area (Å²) in [4.78, 5) is 1.51. The van der Waals surface area contributed by atoms with Crippen molar-refractivity contribution in [3.8, 4) is 0 Å². The highest BCUT2D eigenvalue weighted by atomic mass is 32.9. The van der Waals surface area contributed by atoms with E-state index in [1.165, 1.54) is 40.3 Å². The largest absolute Gasteiger partial charge is 0.480 e. The van der Waals surface area contributed by atoms with Crippen molar-refractivity contribution in [1.82, 2.24) is 0 Å². The van der Waals surface area contributed by atoms with Crippen LogP contribution >= 0.6 is 28.3 Å². The summed E-state index contributed by atoms with van der Waals surface area (Å²) in [5.41, 5.74) is 0.740. The molecule has 104 valence electrons. The maximum absolute atomic E-state index is 5.78. The fourth-order valence-electron chi connectivity index (χ4n) is 2.65. The number of ether oxygens (including phenoxy) is 1. The fourth-order valence-corrected chi connectivity index (χ4v) is 7.81. The Balaban J connectivity index is 2.21. The Labute approximate surface area is 127 Å². The van der Waals surface area contributed by atoms with Gasteiger partial charge in [-0.25, -0.2) is 0 Å². The second-order valence-electron chi connectivity index (χ2n) is 4.70. The van der Waals surface area contributed by atoms with Gasteiger partial charge in [0.05, 0.1) is 12.7 Å². The molecule has 1 aliphatic heterocycles. The zero-order valence-corrected chi connectivity index (χ0v) is 14.6. The molecule has 0 radical (unpaired) electrons. The number of nitrogens with zero attached hydrogens (tertiary/aromatic N) is 2. The molecule has 0 fully saturated rings. The first-order valence-corrected chi connectivity index (χ1v) is 11.6. The van der Waals surface area contributed by atoms with Crippen LogP contribution < -0.4 is 4.67 Å². The number of hydrogen-bond acceptors (Lipinski definition) is 4. The van der Waals surface area contributed by atoms with E-state index in [0.29, 0.717) is 0 Å². The average molecular weight is 332 g/mol. The highest BCUT2D eigenvalue weighted by Crippen LogP contribution is 2.67. The molecule has 2 heterocycles. The molecule has 0 aromatic carbocycles. The van der Waals surface area contributed by atoms with E-state index in [-0.39, 0.29) is 0 Å². The Morgan fingerprint density at radius 2 is 2.16 bits per heavy atom. The third kappa shape index (κ3) is 2.08. The second-order valence-corrected chi connectivity index (χ2v) is 12.8. The van der Waals surface area contributed by atoms with Crippen molar-refractivity contribution in [3.63, 3.8) is 0 Å². The van der Waals surface area contributed by atoms with Crippen LogP contribution in [0.5, 0.6) is 0 Å². The monoisotopic (exact) mass is 332 g/mol. The highest BCUT2D eigenvalue weighted by molar-refractivity contribution is 8.70. The number of methoxy groups -OCH3 is 1. The van der Waals surface area contributed by atoms with Crippen molar-refractivity contribution in [2.45, 2.75) is 25.7 Å². The van der Waals surface area contributed by atoms with Gasteiger partial charge < -0.3 is 9.41 Å². The van der Waals surface area contributed by atoms with Crippen LogP contribution in [0.15, 0.2) is 4.76 Å². The molecule has 7 heteroatoms. The van der Waals surface area contributed by atoms with Crippen LogP contribution in [0, 0.1) is 0 Å². The van der Waals surface area contributed by atoms with Crippen LogP contribution in [0.2, 0.25) is 0 Å². The summed E-state index contributed by atoms with van der Waals surface area (Å²) < 4.78 is 12.6. The van der Waals surface area contributed by atoms with Gasteiger partial charge in [-0.3, -0.25) is 0 Å². The highest BCUT2D eigenvalue weighted by Gasteiger charge is 2.36. The first-order valence-electron chi connectivity index (χ1n) is 6.30. The molecule has 1 atom stereocenters. The minimum absolute atomic E-state index is 0.769. The number of aryl methyl sites for hydroxylation is 1. The second kappa shape index (κ2) is 5.06. The van der Waals surface area contributed by atoms with Gasteiger partial charge in [0.25, 0.3) is 0 Å². The van der Waals surface area contributed by atoms with Gasteiger partial charge in [0, 0.05) is 11.9 Å². The van der Waals surface area contributed by atoms with Gasteiger partial charge in [0.15, 0.2) is 0 Å². The molecule has 0 bridgehead atoms. The third-order valence-corrected chi connectivity index (χ3v) is 11.8. The topological polar surface area (TPSA) is 24.8 Å². The lowest BCUT2D eigenvalue weighted by atomic mass is 9.95. The smallest absolute Gasteiger partial charge is 0.225 e. The van der Waals surface area contributed by atoms with Crippen LogP contribution in [0.4, 0.5) is 5.00 Å². The van der Waals surface area contributed by atoms with Crippen LogP contribution in [0.3, 0.4) is 0 Å². The quantitative estimate of drug-likeness (QED) is 0.724. The van der Waals surface area contributed by atoms with Gasteiger partial charge in [0.2, 0.25) is 11.4 Å². The molecule has 0 amide bonds. The van der Waals surface area contributed by atoms with Crippen molar-refractivity contribution in [2.24, 2.45) is 4.76 Å². The zero-order chi connectivity index (χ0) is 13.6. The summed E-state index contributed by atoms with van der Waals surface area (Å²) in [7, 11) is 3.80. The molecular formula is C12H17N2OPS3. The summed E-state index contributed by atoms with van der Waals surface area (Å²) >= 11 is 9.35. The molecule has 0 saturated heterocycles. The molecule has 1 unspecified atom stereocenters. The zero-order valence-electron chi connectivity index (χ0n) is 11.3. The molecule has 3 rings (SSSR count). The maximum Gasteiger partial charge on any atom is 0.225 e. The fraction of sp³-hybridized carbons (Fsp3) is 0.583. The van der Waals surface area contributed by atoms with Crippen molar-refractivity contribution in [3.05, 3.63) is 16.0 Å². The van der Waals surface area contributed by atoms with Gasteiger partial charge in [-0.05, 0) is 49.3 Å². The Morgan fingerprint density at radius 1 is 1.42 bits per heavy atom. The summed E-state index contributed by atoms with van der Waals surface area (Å²) in [5.74, 6) is 0.769. The van der Waals surface area contributed by atoms with Crippen molar-refractivity contribution < 1.29 is 4.74 Å². The third-order valence-electron chi connectivity index (χ3n) is 3.69. The van der Waals surface area contributed by atoms with E-state index in [4.69, 9.17) is 21.3 Å². The van der Waals surface area contributed by atoms with E-state index in [1.54, 1.807) is 18.5 Å².